The normalized spacial score (nSPS) is 25.3. The Balaban J connectivity index is 2.26. The van der Waals surface area contributed by atoms with E-state index in [0.29, 0.717) is 23.7 Å². The van der Waals surface area contributed by atoms with Gasteiger partial charge in [-0.25, -0.2) is 0 Å². The summed E-state index contributed by atoms with van der Waals surface area (Å²) in [6.45, 7) is 1.95. The Kier molecular flexibility index (Phi) is 2.09. The Hall–Kier alpha value is -1.62. The summed E-state index contributed by atoms with van der Waals surface area (Å²) >= 11 is 0. The summed E-state index contributed by atoms with van der Waals surface area (Å²) in [4.78, 5) is 11.1. The van der Waals surface area contributed by atoms with Crippen molar-refractivity contribution >= 4 is 5.78 Å². The summed E-state index contributed by atoms with van der Waals surface area (Å²) in [7, 11) is 0. The molecule has 0 aliphatic heterocycles. The molecule has 1 fully saturated rings. The third-order valence-corrected chi connectivity index (χ3v) is 2.98. The van der Waals surface area contributed by atoms with Crippen molar-refractivity contribution in [3.63, 3.8) is 0 Å². The van der Waals surface area contributed by atoms with E-state index in [1.54, 1.807) is 6.07 Å². The van der Waals surface area contributed by atoms with Crippen LogP contribution in [0.4, 0.5) is 0 Å². The van der Waals surface area contributed by atoms with Gasteiger partial charge in [0.15, 0.2) is 0 Å². The lowest BCUT2D eigenvalue weighted by Gasteiger charge is -2.32. The van der Waals surface area contributed by atoms with Crippen LogP contribution in [0, 0.1) is 17.2 Å². The van der Waals surface area contributed by atoms with Gasteiger partial charge in [0.05, 0.1) is 11.6 Å². The van der Waals surface area contributed by atoms with Gasteiger partial charge in [-0.1, -0.05) is 19.1 Å². The first-order chi connectivity index (χ1) is 6.72. The van der Waals surface area contributed by atoms with Crippen LogP contribution in [0.3, 0.4) is 0 Å². The van der Waals surface area contributed by atoms with Crippen molar-refractivity contribution in [2.24, 2.45) is 5.92 Å². The van der Waals surface area contributed by atoms with E-state index in [-0.39, 0.29) is 5.92 Å². The molecule has 14 heavy (non-hydrogen) atoms. The molecule has 0 aromatic heterocycles. The number of hydrogen-bond acceptors (Lipinski definition) is 2. The summed E-state index contributed by atoms with van der Waals surface area (Å²) in [5, 5.41) is 8.74. The first-order valence-corrected chi connectivity index (χ1v) is 4.75. The number of Topliss-reactive ketones (excluding diaryl/α,β-unsaturated/α-hetero) is 1. The molecule has 2 nitrogen and oxygen atoms in total. The van der Waals surface area contributed by atoms with Crippen LogP contribution in [0.25, 0.3) is 0 Å². The lowest BCUT2D eigenvalue weighted by Crippen LogP contribution is -2.32. The van der Waals surface area contributed by atoms with Crippen molar-refractivity contribution in [2.75, 3.05) is 0 Å². The second-order valence-corrected chi connectivity index (χ2v) is 3.80. The molecule has 1 saturated carbocycles. The molecule has 1 aliphatic carbocycles. The number of carbonyl (C=O) groups excluding carboxylic acids is 1. The Morgan fingerprint density at radius 3 is 2.86 bits per heavy atom. The van der Waals surface area contributed by atoms with E-state index in [2.05, 4.69) is 6.07 Å². The second-order valence-electron chi connectivity index (χ2n) is 3.80. The minimum atomic E-state index is 0.129. The highest BCUT2D eigenvalue weighted by atomic mass is 16.1. The van der Waals surface area contributed by atoms with Gasteiger partial charge in [-0.3, -0.25) is 4.79 Å². The summed E-state index contributed by atoms with van der Waals surface area (Å²) in [6.07, 6.45) is 0.635. The zero-order chi connectivity index (χ0) is 10.1. The number of carbonyl (C=O) groups is 1. The number of hydrogen-bond donors (Lipinski definition) is 0. The molecule has 1 aromatic rings. The van der Waals surface area contributed by atoms with Crippen LogP contribution >= 0.6 is 0 Å². The fraction of sp³-hybridized carbons (Fsp3) is 0.333. The third-order valence-electron chi connectivity index (χ3n) is 2.98. The molecule has 0 bridgehead atoms. The molecule has 2 unspecified atom stereocenters. The van der Waals surface area contributed by atoms with E-state index in [0.717, 1.165) is 5.56 Å². The molecule has 1 aliphatic rings. The van der Waals surface area contributed by atoms with Gasteiger partial charge in [-0.2, -0.15) is 5.26 Å². The van der Waals surface area contributed by atoms with Crippen LogP contribution in [0.2, 0.25) is 0 Å². The van der Waals surface area contributed by atoms with Crippen LogP contribution in [0.1, 0.15) is 30.4 Å². The number of nitriles is 1. The fourth-order valence-corrected chi connectivity index (χ4v) is 1.89. The zero-order valence-electron chi connectivity index (χ0n) is 8.03. The number of benzene rings is 1. The first-order valence-electron chi connectivity index (χ1n) is 4.75. The van der Waals surface area contributed by atoms with Gasteiger partial charge in [-0.15, -0.1) is 0 Å². The van der Waals surface area contributed by atoms with Crippen molar-refractivity contribution in [1.82, 2.24) is 0 Å². The first kappa shape index (κ1) is 8.96. The van der Waals surface area contributed by atoms with Gasteiger partial charge >= 0.3 is 0 Å². The molecule has 0 N–H and O–H groups in total. The molecule has 0 spiro atoms. The van der Waals surface area contributed by atoms with Gasteiger partial charge in [0.1, 0.15) is 5.78 Å². The van der Waals surface area contributed by atoms with Crippen LogP contribution in [-0.4, -0.2) is 5.78 Å². The molecule has 0 heterocycles. The third kappa shape index (κ3) is 1.31. The average molecular weight is 185 g/mol. The molecule has 1 aromatic carbocycles. The summed E-state index contributed by atoms with van der Waals surface area (Å²) < 4.78 is 0. The molecule has 2 atom stereocenters. The van der Waals surface area contributed by atoms with E-state index in [4.69, 9.17) is 5.26 Å². The Morgan fingerprint density at radius 2 is 2.29 bits per heavy atom. The van der Waals surface area contributed by atoms with Gasteiger partial charge in [-0.05, 0) is 17.7 Å². The van der Waals surface area contributed by atoms with E-state index in [1.807, 2.05) is 25.1 Å². The van der Waals surface area contributed by atoms with Crippen LogP contribution in [-0.2, 0) is 4.79 Å². The summed E-state index contributed by atoms with van der Waals surface area (Å²) in [6, 6.07) is 9.65. The lowest BCUT2D eigenvalue weighted by molar-refractivity contribution is -0.130. The zero-order valence-corrected chi connectivity index (χ0v) is 8.03. The van der Waals surface area contributed by atoms with Crippen molar-refractivity contribution in [2.45, 2.75) is 19.3 Å². The maximum absolute atomic E-state index is 11.1. The number of nitrogens with zero attached hydrogens (tertiary/aromatic N) is 1. The fourth-order valence-electron chi connectivity index (χ4n) is 1.89. The van der Waals surface area contributed by atoms with Crippen molar-refractivity contribution < 1.29 is 4.79 Å². The highest BCUT2D eigenvalue weighted by Gasteiger charge is 2.36. The number of ketones is 1. The standard InChI is InChI=1S/C12H11NO/c1-8-11(6-12(8)14)10-4-2-3-9(5-10)7-13/h2-5,8,11H,6H2,1H3. The molecule has 2 rings (SSSR count). The Morgan fingerprint density at radius 1 is 1.50 bits per heavy atom. The molecule has 0 saturated heterocycles. The predicted octanol–water partition coefficient (Wildman–Crippen LogP) is 2.25. The van der Waals surface area contributed by atoms with E-state index in [1.165, 1.54) is 0 Å². The highest BCUT2D eigenvalue weighted by Crippen LogP contribution is 2.39. The van der Waals surface area contributed by atoms with Crippen LogP contribution in [0.15, 0.2) is 24.3 Å². The Labute approximate surface area is 83.2 Å². The molecule has 70 valence electrons. The smallest absolute Gasteiger partial charge is 0.136 e. The van der Waals surface area contributed by atoms with E-state index in [9.17, 15) is 4.79 Å². The number of rotatable bonds is 1. The van der Waals surface area contributed by atoms with Gasteiger partial charge < -0.3 is 0 Å². The van der Waals surface area contributed by atoms with E-state index >= 15 is 0 Å². The minimum Gasteiger partial charge on any atom is -0.299 e. The van der Waals surface area contributed by atoms with Gasteiger partial charge in [0.2, 0.25) is 0 Å². The van der Waals surface area contributed by atoms with Gasteiger partial charge in [0.25, 0.3) is 0 Å². The summed E-state index contributed by atoms with van der Waals surface area (Å²) in [5.74, 6) is 0.789. The topological polar surface area (TPSA) is 40.9 Å². The molecule has 0 amide bonds. The maximum Gasteiger partial charge on any atom is 0.136 e. The summed E-state index contributed by atoms with van der Waals surface area (Å²) in [5.41, 5.74) is 1.80. The molecule has 0 radical (unpaired) electrons. The van der Waals surface area contributed by atoms with Crippen molar-refractivity contribution in [3.8, 4) is 6.07 Å². The van der Waals surface area contributed by atoms with Crippen LogP contribution < -0.4 is 0 Å². The maximum atomic E-state index is 11.1. The monoisotopic (exact) mass is 185 g/mol. The lowest BCUT2D eigenvalue weighted by atomic mass is 9.70. The van der Waals surface area contributed by atoms with E-state index < -0.39 is 0 Å². The van der Waals surface area contributed by atoms with Gasteiger partial charge in [0, 0.05) is 18.3 Å². The highest BCUT2D eigenvalue weighted by molar-refractivity contribution is 5.89. The minimum absolute atomic E-state index is 0.129. The predicted molar refractivity (Wildman–Crippen MR) is 52.7 cm³/mol. The average Bonchev–Trinajstić information content (AvgIpc) is 2.25. The quantitative estimate of drug-likeness (QED) is 0.673. The SMILES string of the molecule is CC1C(=O)CC1c1cccc(C#N)c1. The molecular formula is C12H11NO. The van der Waals surface area contributed by atoms with Crippen molar-refractivity contribution in [3.05, 3.63) is 35.4 Å². The largest absolute Gasteiger partial charge is 0.299 e. The second kappa shape index (κ2) is 3.26. The van der Waals surface area contributed by atoms with Crippen LogP contribution in [0.5, 0.6) is 0 Å². The molecular weight excluding hydrogens is 174 g/mol. The Bertz CT molecular complexity index is 417. The molecule has 2 heteroatoms. The van der Waals surface area contributed by atoms with Crippen molar-refractivity contribution in [1.29, 1.82) is 5.26 Å².